The molecule has 0 fully saturated rings. The molecule has 3 heterocycles. The summed E-state index contributed by atoms with van der Waals surface area (Å²) in [6.07, 6.45) is 5.07. The van der Waals surface area contributed by atoms with Crippen molar-refractivity contribution in [1.82, 2.24) is 9.97 Å². The fourth-order valence-corrected chi connectivity index (χ4v) is 6.43. The second kappa shape index (κ2) is 8.07. The van der Waals surface area contributed by atoms with E-state index >= 15 is 0 Å². The van der Waals surface area contributed by atoms with Crippen molar-refractivity contribution < 1.29 is 9.53 Å². The molecule has 0 radical (unpaired) electrons. The van der Waals surface area contributed by atoms with Gasteiger partial charge in [-0.25, -0.2) is 4.98 Å². The molecule has 1 amide bonds. The number of aryl methyl sites for hydroxylation is 3. The topological polar surface area (TPSA) is 75.3 Å². The summed E-state index contributed by atoms with van der Waals surface area (Å²) < 4.78 is 5.31. The summed E-state index contributed by atoms with van der Waals surface area (Å²) in [4.78, 5) is 37.0. The van der Waals surface area contributed by atoms with Crippen molar-refractivity contribution in [3.05, 3.63) is 50.4 Å². The third-order valence-electron chi connectivity index (χ3n) is 5.79. The van der Waals surface area contributed by atoms with Crippen LogP contribution in [0.2, 0.25) is 0 Å². The quantitative estimate of drug-likeness (QED) is 0.654. The molecule has 0 atom stereocenters. The second-order valence-corrected chi connectivity index (χ2v) is 9.76. The number of carbonyl (C=O) groups excluding carboxylic acids is 1. The number of benzene rings is 1. The van der Waals surface area contributed by atoms with Gasteiger partial charge in [-0.3, -0.25) is 9.59 Å². The van der Waals surface area contributed by atoms with Crippen LogP contribution in [0.4, 0.5) is 5.69 Å². The number of hydrogen-bond donors (Lipinski definition) is 1. The standard InChI is InChI=1S/C22H23N3O3S2/c1-28-14-7-8-16-13(10-14)4-3-9-25(16)19(26)12-29-11-18-23-21(27)20-15-5-2-6-17(15)30-22(20)24-18/h7-8,10H,2-6,9,11-12H2,1H3,(H,23,24,27). The molecule has 0 unspecified atom stereocenters. The highest BCUT2D eigenvalue weighted by molar-refractivity contribution is 7.99. The molecule has 2 aromatic heterocycles. The predicted octanol–water partition coefficient (Wildman–Crippen LogP) is 3.69. The van der Waals surface area contributed by atoms with Gasteiger partial charge in [0.2, 0.25) is 5.91 Å². The van der Waals surface area contributed by atoms with Crippen LogP contribution >= 0.6 is 23.1 Å². The maximum absolute atomic E-state index is 12.9. The first-order valence-corrected chi connectivity index (χ1v) is 12.2. The van der Waals surface area contributed by atoms with Crippen molar-refractivity contribution in [3.63, 3.8) is 0 Å². The number of anilines is 1. The number of methoxy groups -OCH3 is 1. The molecule has 1 aromatic carbocycles. The third kappa shape index (κ3) is 3.52. The summed E-state index contributed by atoms with van der Waals surface area (Å²) in [5, 5.41) is 0.776. The highest BCUT2D eigenvalue weighted by Gasteiger charge is 2.24. The first-order valence-electron chi connectivity index (χ1n) is 10.2. The van der Waals surface area contributed by atoms with E-state index in [1.165, 1.54) is 22.2 Å². The zero-order valence-electron chi connectivity index (χ0n) is 16.8. The molecular formula is C22H23N3O3S2. The number of aromatic amines is 1. The SMILES string of the molecule is COc1ccc2c(c1)CCCN2C(=O)CSCc1nc2sc3c(c2c(=O)[nH]1)CCC3. The minimum Gasteiger partial charge on any atom is -0.497 e. The fraction of sp³-hybridized carbons (Fsp3) is 0.409. The van der Waals surface area contributed by atoms with Crippen LogP contribution in [-0.4, -0.2) is 35.3 Å². The van der Waals surface area contributed by atoms with E-state index in [2.05, 4.69) is 9.97 Å². The summed E-state index contributed by atoms with van der Waals surface area (Å²) >= 11 is 3.14. The summed E-state index contributed by atoms with van der Waals surface area (Å²) in [6.45, 7) is 0.737. The Hall–Kier alpha value is -2.32. The fourth-order valence-electron chi connectivity index (χ4n) is 4.39. The first kappa shape index (κ1) is 19.6. The molecule has 8 heteroatoms. The second-order valence-electron chi connectivity index (χ2n) is 7.69. The van der Waals surface area contributed by atoms with Gasteiger partial charge in [0, 0.05) is 17.1 Å². The van der Waals surface area contributed by atoms with Gasteiger partial charge in [-0.05, 0) is 61.4 Å². The van der Waals surface area contributed by atoms with Gasteiger partial charge in [0.15, 0.2) is 0 Å². The maximum atomic E-state index is 12.9. The Morgan fingerprint density at radius 3 is 3.07 bits per heavy atom. The van der Waals surface area contributed by atoms with Crippen molar-refractivity contribution in [2.75, 3.05) is 24.3 Å². The molecular weight excluding hydrogens is 418 g/mol. The monoisotopic (exact) mass is 441 g/mol. The Morgan fingerprint density at radius 2 is 2.20 bits per heavy atom. The molecule has 0 spiro atoms. The van der Waals surface area contributed by atoms with E-state index in [0.29, 0.717) is 17.3 Å². The number of nitrogens with zero attached hydrogens (tertiary/aromatic N) is 2. The number of ether oxygens (including phenoxy) is 1. The van der Waals surface area contributed by atoms with Gasteiger partial charge in [-0.1, -0.05) is 0 Å². The molecule has 1 N–H and O–H groups in total. The number of carbonyl (C=O) groups is 1. The number of H-pyrrole nitrogens is 1. The molecule has 6 nitrogen and oxygen atoms in total. The van der Waals surface area contributed by atoms with E-state index in [-0.39, 0.29) is 11.5 Å². The number of thioether (sulfide) groups is 1. The van der Waals surface area contributed by atoms with Gasteiger partial charge in [-0.15, -0.1) is 23.1 Å². The average molecular weight is 442 g/mol. The Labute approximate surface area is 182 Å². The van der Waals surface area contributed by atoms with Crippen molar-refractivity contribution >= 4 is 44.9 Å². The zero-order valence-corrected chi connectivity index (χ0v) is 18.5. The van der Waals surface area contributed by atoms with Crippen LogP contribution < -0.4 is 15.2 Å². The Kier molecular flexibility index (Phi) is 5.28. The Balaban J connectivity index is 1.26. The lowest BCUT2D eigenvalue weighted by Crippen LogP contribution is -2.36. The van der Waals surface area contributed by atoms with E-state index in [4.69, 9.17) is 4.74 Å². The summed E-state index contributed by atoms with van der Waals surface area (Å²) in [7, 11) is 1.66. The first-order chi connectivity index (χ1) is 14.6. The van der Waals surface area contributed by atoms with Crippen LogP contribution in [0.1, 0.15) is 34.7 Å². The number of nitrogens with one attached hydrogen (secondary N) is 1. The average Bonchev–Trinajstić information content (AvgIpc) is 3.33. The lowest BCUT2D eigenvalue weighted by molar-refractivity contribution is -0.116. The molecule has 0 saturated carbocycles. The van der Waals surface area contributed by atoms with Gasteiger partial charge in [0.25, 0.3) is 5.56 Å². The summed E-state index contributed by atoms with van der Waals surface area (Å²) in [6, 6.07) is 5.89. The third-order valence-corrected chi connectivity index (χ3v) is 7.91. The molecule has 3 aromatic rings. The van der Waals surface area contributed by atoms with Crippen molar-refractivity contribution in [1.29, 1.82) is 0 Å². The zero-order chi connectivity index (χ0) is 20.7. The number of amides is 1. The van der Waals surface area contributed by atoms with Crippen molar-refractivity contribution in [2.45, 2.75) is 37.9 Å². The van der Waals surface area contributed by atoms with Gasteiger partial charge in [0.05, 0.1) is 24.0 Å². The van der Waals surface area contributed by atoms with Crippen LogP contribution in [-0.2, 0) is 29.8 Å². The lowest BCUT2D eigenvalue weighted by atomic mass is 10.0. The summed E-state index contributed by atoms with van der Waals surface area (Å²) in [5.74, 6) is 2.43. The number of fused-ring (bicyclic) bond motifs is 4. The highest BCUT2D eigenvalue weighted by Crippen LogP contribution is 2.35. The van der Waals surface area contributed by atoms with Crippen molar-refractivity contribution in [3.8, 4) is 5.75 Å². The van der Waals surface area contributed by atoms with E-state index < -0.39 is 0 Å². The van der Waals surface area contributed by atoms with E-state index in [9.17, 15) is 9.59 Å². The number of rotatable bonds is 5. The van der Waals surface area contributed by atoms with Gasteiger partial charge in [0.1, 0.15) is 16.4 Å². The van der Waals surface area contributed by atoms with Crippen LogP contribution in [0.3, 0.4) is 0 Å². The van der Waals surface area contributed by atoms with Crippen LogP contribution in [0.25, 0.3) is 10.2 Å². The normalized spacial score (nSPS) is 15.3. The molecule has 2 aliphatic rings. The number of hydrogen-bond acceptors (Lipinski definition) is 6. The lowest BCUT2D eigenvalue weighted by Gasteiger charge is -2.29. The van der Waals surface area contributed by atoms with Crippen LogP contribution in [0, 0.1) is 0 Å². The molecule has 30 heavy (non-hydrogen) atoms. The minimum absolute atomic E-state index is 0.0415. The highest BCUT2D eigenvalue weighted by atomic mass is 32.2. The van der Waals surface area contributed by atoms with Crippen LogP contribution in [0.5, 0.6) is 5.75 Å². The number of aromatic nitrogens is 2. The largest absolute Gasteiger partial charge is 0.497 e. The van der Waals surface area contributed by atoms with Gasteiger partial charge in [-0.2, -0.15) is 0 Å². The molecule has 0 bridgehead atoms. The Morgan fingerprint density at radius 1 is 1.30 bits per heavy atom. The van der Waals surface area contributed by atoms with E-state index in [0.717, 1.165) is 65.9 Å². The molecule has 0 saturated heterocycles. The molecule has 5 rings (SSSR count). The van der Waals surface area contributed by atoms with Crippen LogP contribution in [0.15, 0.2) is 23.0 Å². The van der Waals surface area contributed by atoms with E-state index in [1.54, 1.807) is 18.4 Å². The molecule has 156 valence electrons. The van der Waals surface area contributed by atoms with Crippen molar-refractivity contribution in [2.24, 2.45) is 0 Å². The predicted molar refractivity (Wildman–Crippen MR) is 122 cm³/mol. The Bertz CT molecular complexity index is 1180. The maximum Gasteiger partial charge on any atom is 0.259 e. The number of thiophene rings is 1. The molecule has 1 aliphatic carbocycles. The minimum atomic E-state index is -0.0415. The van der Waals surface area contributed by atoms with Gasteiger partial charge >= 0.3 is 0 Å². The summed E-state index contributed by atoms with van der Waals surface area (Å²) in [5.41, 5.74) is 3.29. The molecule has 1 aliphatic heterocycles. The smallest absolute Gasteiger partial charge is 0.259 e. The van der Waals surface area contributed by atoms with Gasteiger partial charge < -0.3 is 14.6 Å². The van der Waals surface area contributed by atoms with E-state index in [1.807, 2.05) is 23.1 Å².